The molecule has 0 heterocycles. The normalized spacial score (nSPS) is 12.2. The Morgan fingerprint density at radius 3 is 2.43 bits per heavy atom. The minimum Gasteiger partial charge on any atom is -0.494 e. The SMILES string of the molecule is C[C@H](CN(CCCOc1cccc(CC(=O)O)c1)Cc1cccc(C(F)(F)F)c1Cl)c1ccccc1.Cl. The van der Waals surface area contributed by atoms with Crippen molar-refractivity contribution in [2.45, 2.75) is 38.4 Å². The van der Waals surface area contributed by atoms with Crippen LogP contribution in [0.25, 0.3) is 0 Å². The molecule has 0 saturated heterocycles. The maximum absolute atomic E-state index is 13.4. The maximum atomic E-state index is 13.4. The summed E-state index contributed by atoms with van der Waals surface area (Å²) in [6.45, 7) is 3.95. The van der Waals surface area contributed by atoms with Gasteiger partial charge in [0.05, 0.1) is 23.6 Å². The van der Waals surface area contributed by atoms with E-state index < -0.39 is 17.7 Å². The average Bonchev–Trinajstić information content (AvgIpc) is 2.82. The average molecular weight is 556 g/mol. The lowest BCUT2D eigenvalue weighted by Gasteiger charge is -2.27. The van der Waals surface area contributed by atoms with Gasteiger partial charge in [0.25, 0.3) is 0 Å². The van der Waals surface area contributed by atoms with Crippen molar-refractivity contribution in [2.75, 3.05) is 19.7 Å². The molecule has 3 rings (SSSR count). The zero-order valence-electron chi connectivity index (χ0n) is 20.4. The van der Waals surface area contributed by atoms with Crippen molar-refractivity contribution in [1.29, 1.82) is 0 Å². The molecule has 0 aromatic heterocycles. The summed E-state index contributed by atoms with van der Waals surface area (Å²) in [6.07, 6.45) is -3.97. The van der Waals surface area contributed by atoms with Gasteiger partial charge in [0.2, 0.25) is 0 Å². The van der Waals surface area contributed by atoms with Gasteiger partial charge in [-0.1, -0.05) is 73.1 Å². The molecule has 0 unspecified atom stereocenters. The Morgan fingerprint density at radius 1 is 1.05 bits per heavy atom. The van der Waals surface area contributed by atoms with E-state index in [0.717, 1.165) is 11.6 Å². The monoisotopic (exact) mass is 555 g/mol. The number of nitrogens with zero attached hydrogens (tertiary/aromatic N) is 1. The second-order valence-corrected chi connectivity index (χ2v) is 9.12. The standard InChI is InChI=1S/C28H29ClF3NO3.ClH/c1-20(22-9-3-2-4-10-22)18-33(19-23-11-6-13-25(27(23)29)28(30,31)32)14-7-15-36-24-12-5-8-21(16-24)17-26(34)35;/h2-6,8-13,16,20H,7,14-15,17-19H2,1H3,(H,34,35);1H/t20-;/m1./s1. The molecule has 0 amide bonds. The Morgan fingerprint density at radius 2 is 1.76 bits per heavy atom. The number of alkyl halides is 3. The summed E-state index contributed by atoms with van der Waals surface area (Å²) in [6, 6.07) is 20.9. The summed E-state index contributed by atoms with van der Waals surface area (Å²) in [5, 5.41) is 8.70. The lowest BCUT2D eigenvalue weighted by molar-refractivity contribution is -0.138. The minimum atomic E-state index is -4.52. The molecular formula is C28H30Cl2F3NO3. The molecule has 9 heteroatoms. The smallest absolute Gasteiger partial charge is 0.417 e. The van der Waals surface area contributed by atoms with Gasteiger partial charge in [0.1, 0.15) is 5.75 Å². The predicted octanol–water partition coefficient (Wildman–Crippen LogP) is 7.48. The molecule has 0 fully saturated rings. The highest BCUT2D eigenvalue weighted by Crippen LogP contribution is 2.36. The van der Waals surface area contributed by atoms with Crippen molar-refractivity contribution in [1.82, 2.24) is 4.90 Å². The van der Waals surface area contributed by atoms with Gasteiger partial charge in [0, 0.05) is 19.6 Å². The summed E-state index contributed by atoms with van der Waals surface area (Å²) in [4.78, 5) is 13.0. The first kappa shape index (κ1) is 30.5. The molecule has 1 N–H and O–H groups in total. The number of carboxylic acids is 1. The first-order valence-electron chi connectivity index (χ1n) is 11.7. The first-order chi connectivity index (χ1) is 17.1. The molecule has 0 radical (unpaired) electrons. The Labute approximate surface area is 226 Å². The van der Waals surface area contributed by atoms with Crippen LogP contribution in [0.5, 0.6) is 5.75 Å². The van der Waals surface area contributed by atoms with Crippen LogP contribution < -0.4 is 4.74 Å². The van der Waals surface area contributed by atoms with Crippen molar-refractivity contribution in [3.8, 4) is 5.75 Å². The van der Waals surface area contributed by atoms with Gasteiger partial charge < -0.3 is 9.84 Å². The van der Waals surface area contributed by atoms with Crippen molar-refractivity contribution >= 4 is 30.0 Å². The molecule has 200 valence electrons. The summed E-state index contributed by atoms with van der Waals surface area (Å²) >= 11 is 6.17. The Kier molecular flexibility index (Phi) is 11.8. The number of ether oxygens (including phenoxy) is 1. The lowest BCUT2D eigenvalue weighted by atomic mass is 10.00. The largest absolute Gasteiger partial charge is 0.494 e. The van der Waals surface area contributed by atoms with E-state index in [4.69, 9.17) is 21.4 Å². The summed E-state index contributed by atoms with van der Waals surface area (Å²) < 4.78 is 45.9. The van der Waals surface area contributed by atoms with Crippen LogP contribution in [0.2, 0.25) is 5.02 Å². The number of hydrogen-bond acceptors (Lipinski definition) is 3. The van der Waals surface area contributed by atoms with E-state index in [-0.39, 0.29) is 36.3 Å². The fourth-order valence-corrected chi connectivity index (χ4v) is 4.36. The highest BCUT2D eigenvalue weighted by molar-refractivity contribution is 6.32. The molecule has 0 aliphatic carbocycles. The molecule has 0 spiro atoms. The van der Waals surface area contributed by atoms with Crippen molar-refractivity contribution in [2.24, 2.45) is 0 Å². The van der Waals surface area contributed by atoms with Gasteiger partial charge in [-0.05, 0) is 47.2 Å². The van der Waals surface area contributed by atoms with Crippen molar-refractivity contribution in [3.05, 3.63) is 100 Å². The predicted molar refractivity (Wildman–Crippen MR) is 142 cm³/mol. The molecule has 1 atom stereocenters. The Bertz CT molecular complexity index is 1140. The Balaban J connectivity index is 0.00000481. The number of benzene rings is 3. The zero-order chi connectivity index (χ0) is 26.1. The third-order valence-corrected chi connectivity index (χ3v) is 6.27. The zero-order valence-corrected chi connectivity index (χ0v) is 22.0. The van der Waals surface area contributed by atoms with Crippen LogP contribution >= 0.6 is 24.0 Å². The van der Waals surface area contributed by atoms with Crippen LogP contribution in [0.4, 0.5) is 13.2 Å². The molecular weight excluding hydrogens is 526 g/mol. The molecule has 0 aliphatic rings. The van der Waals surface area contributed by atoms with E-state index in [9.17, 15) is 18.0 Å². The number of aliphatic carboxylic acids is 1. The van der Waals surface area contributed by atoms with Gasteiger partial charge in [-0.15, -0.1) is 12.4 Å². The molecule has 0 bridgehead atoms. The molecule has 0 aliphatic heterocycles. The van der Waals surface area contributed by atoms with Gasteiger partial charge in [-0.3, -0.25) is 9.69 Å². The lowest BCUT2D eigenvalue weighted by Crippen LogP contribution is -2.30. The topological polar surface area (TPSA) is 49.8 Å². The maximum Gasteiger partial charge on any atom is 0.417 e. The number of carbonyl (C=O) groups is 1. The van der Waals surface area contributed by atoms with Crippen LogP contribution in [0.3, 0.4) is 0 Å². The van der Waals surface area contributed by atoms with E-state index in [0.29, 0.717) is 43.0 Å². The summed E-state index contributed by atoms with van der Waals surface area (Å²) in [5.41, 5.74) is 1.39. The first-order valence-corrected chi connectivity index (χ1v) is 12.1. The van der Waals surface area contributed by atoms with Crippen LogP contribution in [0, 0.1) is 0 Å². The Hall–Kier alpha value is -2.74. The summed E-state index contributed by atoms with van der Waals surface area (Å²) in [5.74, 6) is -0.174. The summed E-state index contributed by atoms with van der Waals surface area (Å²) in [7, 11) is 0. The minimum absolute atomic E-state index is 0. The van der Waals surface area contributed by atoms with Crippen LogP contribution in [0.1, 0.15) is 41.5 Å². The van der Waals surface area contributed by atoms with Gasteiger partial charge in [-0.25, -0.2) is 0 Å². The number of hydrogen-bond donors (Lipinski definition) is 1. The number of carboxylic acid groups (broad SMARTS) is 1. The second kappa shape index (κ2) is 14.3. The van der Waals surface area contributed by atoms with E-state index in [1.807, 2.05) is 30.3 Å². The highest BCUT2D eigenvalue weighted by Gasteiger charge is 2.34. The molecule has 4 nitrogen and oxygen atoms in total. The highest BCUT2D eigenvalue weighted by atomic mass is 35.5. The second-order valence-electron chi connectivity index (χ2n) is 8.74. The van der Waals surface area contributed by atoms with Crippen LogP contribution in [0.15, 0.2) is 72.8 Å². The third kappa shape index (κ3) is 9.58. The van der Waals surface area contributed by atoms with Crippen LogP contribution in [-0.4, -0.2) is 35.7 Å². The number of rotatable bonds is 12. The third-order valence-electron chi connectivity index (χ3n) is 5.82. The van der Waals surface area contributed by atoms with Crippen molar-refractivity contribution < 1.29 is 27.8 Å². The van der Waals surface area contributed by atoms with Crippen LogP contribution in [-0.2, 0) is 23.9 Å². The molecule has 3 aromatic rings. The van der Waals surface area contributed by atoms with Gasteiger partial charge >= 0.3 is 12.1 Å². The van der Waals surface area contributed by atoms with E-state index in [1.165, 1.54) is 6.07 Å². The van der Waals surface area contributed by atoms with E-state index >= 15 is 0 Å². The quantitative estimate of drug-likeness (QED) is 0.235. The molecule has 0 saturated carbocycles. The van der Waals surface area contributed by atoms with Gasteiger partial charge in [-0.2, -0.15) is 13.2 Å². The van der Waals surface area contributed by atoms with E-state index in [1.54, 1.807) is 30.3 Å². The fraction of sp³-hybridized carbons (Fsp3) is 0.321. The fourth-order valence-electron chi connectivity index (χ4n) is 4.07. The number of halogens is 5. The molecule has 3 aromatic carbocycles. The van der Waals surface area contributed by atoms with E-state index in [2.05, 4.69) is 11.8 Å². The van der Waals surface area contributed by atoms with Crippen molar-refractivity contribution in [3.63, 3.8) is 0 Å². The van der Waals surface area contributed by atoms with Gasteiger partial charge in [0.15, 0.2) is 0 Å². The molecule has 37 heavy (non-hydrogen) atoms.